The van der Waals surface area contributed by atoms with Crippen molar-refractivity contribution < 1.29 is 4.79 Å². The number of hydrogen-bond acceptors (Lipinski definition) is 5. The fourth-order valence-electron chi connectivity index (χ4n) is 1.54. The predicted octanol–water partition coefficient (Wildman–Crippen LogP) is -0.211. The van der Waals surface area contributed by atoms with Gasteiger partial charge in [0.1, 0.15) is 6.54 Å². The lowest BCUT2D eigenvalue weighted by Crippen LogP contribution is -2.37. The number of carbonyl (C=O) groups excluding carboxylic acids is 1. The van der Waals surface area contributed by atoms with Gasteiger partial charge in [0.15, 0.2) is 0 Å². The Labute approximate surface area is 118 Å². The molecule has 1 aromatic rings. The zero-order valence-electron chi connectivity index (χ0n) is 12.3. The van der Waals surface area contributed by atoms with Crippen LogP contribution in [0.3, 0.4) is 0 Å². The number of nitrogens with one attached hydrogen (secondary N) is 3. The van der Waals surface area contributed by atoms with Crippen LogP contribution in [0.15, 0.2) is 17.1 Å². The van der Waals surface area contributed by atoms with E-state index in [2.05, 4.69) is 21.0 Å². The van der Waals surface area contributed by atoms with E-state index in [1.54, 1.807) is 6.20 Å². The highest BCUT2D eigenvalue weighted by Gasteiger charge is 2.08. The highest BCUT2D eigenvalue weighted by molar-refractivity contribution is 5.75. The molecule has 112 valence electrons. The number of nitrogens with zero attached hydrogens (tertiary/aromatic N) is 2. The predicted molar refractivity (Wildman–Crippen MR) is 78.8 cm³/mol. The van der Waals surface area contributed by atoms with Crippen LogP contribution in [-0.2, 0) is 11.3 Å². The fourth-order valence-corrected chi connectivity index (χ4v) is 1.54. The van der Waals surface area contributed by atoms with Gasteiger partial charge in [-0.2, -0.15) is 5.10 Å². The van der Waals surface area contributed by atoms with Crippen molar-refractivity contribution in [2.45, 2.75) is 32.9 Å². The van der Waals surface area contributed by atoms with Gasteiger partial charge in [0.25, 0.3) is 5.56 Å². The second kappa shape index (κ2) is 8.31. The van der Waals surface area contributed by atoms with Crippen molar-refractivity contribution in [1.82, 2.24) is 20.4 Å². The molecule has 7 heteroatoms. The van der Waals surface area contributed by atoms with E-state index in [1.807, 2.05) is 20.9 Å². The first-order chi connectivity index (χ1) is 9.56. The van der Waals surface area contributed by atoms with Crippen molar-refractivity contribution >= 4 is 11.6 Å². The van der Waals surface area contributed by atoms with E-state index in [-0.39, 0.29) is 24.1 Å². The Balaban J connectivity index is 2.59. The smallest absolute Gasteiger partial charge is 0.269 e. The second-order valence-corrected chi connectivity index (χ2v) is 4.65. The molecule has 0 aliphatic heterocycles. The number of rotatable bonds is 8. The molecule has 1 amide bonds. The van der Waals surface area contributed by atoms with Crippen molar-refractivity contribution in [2.75, 3.05) is 25.5 Å². The molecule has 20 heavy (non-hydrogen) atoms. The zero-order valence-corrected chi connectivity index (χ0v) is 12.3. The average Bonchev–Trinajstić information content (AvgIpc) is 2.42. The minimum atomic E-state index is -0.293. The third-order valence-electron chi connectivity index (χ3n) is 2.89. The molecule has 0 fully saturated rings. The quantitative estimate of drug-likeness (QED) is 0.574. The number of hydrogen-bond donors (Lipinski definition) is 3. The van der Waals surface area contributed by atoms with Crippen LogP contribution in [0.25, 0.3) is 0 Å². The number of anilines is 1. The maximum atomic E-state index is 11.8. The lowest BCUT2D eigenvalue weighted by atomic mass is 10.2. The second-order valence-electron chi connectivity index (χ2n) is 4.65. The first-order valence-corrected chi connectivity index (χ1v) is 6.81. The Kier molecular flexibility index (Phi) is 6.72. The third-order valence-corrected chi connectivity index (χ3v) is 2.89. The van der Waals surface area contributed by atoms with Gasteiger partial charge < -0.3 is 16.0 Å². The van der Waals surface area contributed by atoms with Gasteiger partial charge in [-0.1, -0.05) is 6.92 Å². The molecule has 0 spiro atoms. The Morgan fingerprint density at radius 1 is 1.45 bits per heavy atom. The Hall–Kier alpha value is -1.89. The van der Waals surface area contributed by atoms with Crippen molar-refractivity contribution in [3.8, 4) is 0 Å². The van der Waals surface area contributed by atoms with Gasteiger partial charge in [0.2, 0.25) is 5.91 Å². The Bertz CT molecular complexity index is 486. The zero-order chi connectivity index (χ0) is 15.0. The lowest BCUT2D eigenvalue weighted by molar-refractivity contribution is -0.122. The van der Waals surface area contributed by atoms with Crippen LogP contribution in [0.2, 0.25) is 0 Å². The van der Waals surface area contributed by atoms with Crippen molar-refractivity contribution in [3.63, 3.8) is 0 Å². The molecule has 1 heterocycles. The van der Waals surface area contributed by atoms with Gasteiger partial charge in [-0.15, -0.1) is 0 Å². The topological polar surface area (TPSA) is 88.1 Å². The van der Waals surface area contributed by atoms with Crippen LogP contribution in [-0.4, -0.2) is 41.9 Å². The molecule has 1 rings (SSSR count). The van der Waals surface area contributed by atoms with E-state index in [9.17, 15) is 9.59 Å². The summed E-state index contributed by atoms with van der Waals surface area (Å²) < 4.78 is 1.15. The molecule has 1 atom stereocenters. The number of carbonyl (C=O) groups is 1. The molecule has 0 aromatic carbocycles. The van der Waals surface area contributed by atoms with Crippen LogP contribution >= 0.6 is 0 Å². The van der Waals surface area contributed by atoms with Crippen LogP contribution in [0.5, 0.6) is 0 Å². The molecule has 0 radical (unpaired) electrons. The van der Waals surface area contributed by atoms with Crippen LogP contribution < -0.4 is 21.5 Å². The highest BCUT2D eigenvalue weighted by Crippen LogP contribution is 1.98. The van der Waals surface area contributed by atoms with Gasteiger partial charge in [-0.05, 0) is 20.4 Å². The van der Waals surface area contributed by atoms with Gasteiger partial charge >= 0.3 is 0 Å². The molecule has 0 bridgehead atoms. The summed E-state index contributed by atoms with van der Waals surface area (Å²) in [4.78, 5) is 23.5. The van der Waals surface area contributed by atoms with E-state index < -0.39 is 0 Å². The standard InChI is InChI=1S/C13H23N5O2/c1-4-10(2)17-12(19)9-18-13(20)7-11(8-16-18)15-6-5-14-3/h7-8,10,14-15H,4-6,9H2,1-3H3,(H,17,19). The van der Waals surface area contributed by atoms with Crippen molar-refractivity contribution in [3.05, 3.63) is 22.6 Å². The van der Waals surface area contributed by atoms with Crippen molar-refractivity contribution in [2.24, 2.45) is 0 Å². The molecule has 0 saturated heterocycles. The van der Waals surface area contributed by atoms with Crippen LogP contribution in [0.1, 0.15) is 20.3 Å². The monoisotopic (exact) mass is 281 g/mol. The summed E-state index contributed by atoms with van der Waals surface area (Å²) in [6.45, 7) is 5.35. The summed E-state index contributed by atoms with van der Waals surface area (Å²) >= 11 is 0. The lowest BCUT2D eigenvalue weighted by Gasteiger charge is -2.12. The molecule has 3 N–H and O–H groups in total. The van der Waals surface area contributed by atoms with E-state index in [1.165, 1.54) is 6.07 Å². The molecule has 0 aliphatic rings. The normalized spacial score (nSPS) is 11.9. The van der Waals surface area contributed by atoms with Gasteiger partial charge in [-0.25, -0.2) is 4.68 Å². The van der Waals surface area contributed by atoms with E-state index in [4.69, 9.17) is 0 Å². The Morgan fingerprint density at radius 3 is 2.80 bits per heavy atom. The summed E-state index contributed by atoms with van der Waals surface area (Å²) in [7, 11) is 1.85. The molecule has 0 aliphatic carbocycles. The maximum absolute atomic E-state index is 11.8. The van der Waals surface area contributed by atoms with Crippen LogP contribution in [0, 0.1) is 0 Å². The number of amides is 1. The summed E-state index contributed by atoms with van der Waals surface area (Å²) in [5, 5.41) is 12.9. The van der Waals surface area contributed by atoms with E-state index in [0.717, 1.165) is 17.6 Å². The summed E-state index contributed by atoms with van der Waals surface area (Å²) in [5.41, 5.74) is 0.364. The van der Waals surface area contributed by atoms with Gasteiger partial charge in [0, 0.05) is 25.2 Å². The highest BCUT2D eigenvalue weighted by atomic mass is 16.2. The molecule has 0 saturated carbocycles. The summed E-state index contributed by atoms with van der Waals surface area (Å²) in [6, 6.07) is 1.54. The van der Waals surface area contributed by atoms with E-state index >= 15 is 0 Å². The first kappa shape index (κ1) is 16.2. The minimum Gasteiger partial charge on any atom is -0.382 e. The molecular weight excluding hydrogens is 258 g/mol. The molecule has 1 aromatic heterocycles. The van der Waals surface area contributed by atoms with E-state index in [0.29, 0.717) is 12.2 Å². The fraction of sp³-hybridized carbons (Fsp3) is 0.615. The number of likely N-dealkylation sites (N-methyl/N-ethyl adjacent to an activating group) is 1. The minimum absolute atomic E-state index is 0.0556. The van der Waals surface area contributed by atoms with Gasteiger partial charge in [-0.3, -0.25) is 9.59 Å². The molecule has 1 unspecified atom stereocenters. The largest absolute Gasteiger partial charge is 0.382 e. The van der Waals surface area contributed by atoms with Crippen molar-refractivity contribution in [1.29, 1.82) is 0 Å². The first-order valence-electron chi connectivity index (χ1n) is 6.81. The van der Waals surface area contributed by atoms with Gasteiger partial charge in [0.05, 0.1) is 11.9 Å². The molecule has 7 nitrogen and oxygen atoms in total. The SMILES string of the molecule is CCC(C)NC(=O)Cn1ncc(NCCNC)cc1=O. The maximum Gasteiger partial charge on any atom is 0.269 e. The average molecular weight is 281 g/mol. The third kappa shape index (κ3) is 5.40. The summed E-state index contributed by atoms with van der Waals surface area (Å²) in [6.07, 6.45) is 2.40. The number of aromatic nitrogens is 2. The molecular formula is C13H23N5O2. The summed E-state index contributed by atoms with van der Waals surface area (Å²) in [5.74, 6) is -0.204. The Morgan fingerprint density at radius 2 is 2.20 bits per heavy atom. The van der Waals surface area contributed by atoms with Crippen LogP contribution in [0.4, 0.5) is 5.69 Å².